The zero-order chi connectivity index (χ0) is 23.6. The molecule has 174 valence electrons. The van der Waals surface area contributed by atoms with Crippen LogP contribution in [0.1, 0.15) is 40.5 Å². The summed E-state index contributed by atoms with van der Waals surface area (Å²) in [7, 11) is 1.83. The molecule has 31 heavy (non-hydrogen) atoms. The predicted octanol–water partition coefficient (Wildman–Crippen LogP) is 0.992. The van der Waals surface area contributed by atoms with Crippen molar-refractivity contribution in [1.82, 2.24) is 4.90 Å². The van der Waals surface area contributed by atoms with Crippen molar-refractivity contribution in [2.75, 3.05) is 26.7 Å². The molecule has 2 bridgehead atoms. The van der Waals surface area contributed by atoms with Crippen molar-refractivity contribution >= 4 is 35.3 Å². The maximum Gasteiger partial charge on any atom is 0.350 e. The summed E-state index contributed by atoms with van der Waals surface area (Å²) in [4.78, 5) is 52.6. The van der Waals surface area contributed by atoms with Crippen LogP contribution in [0.15, 0.2) is 11.6 Å². The zero-order valence-corrected chi connectivity index (χ0v) is 19.2. The summed E-state index contributed by atoms with van der Waals surface area (Å²) in [6, 6.07) is 0. The number of aliphatic hydroxyl groups is 1. The standard InChI is InChI=1S/C21H30ClNO8/c1-12-10-21(28,13(2)22)19(27)30-16-7-9-23(5)8-6-15(17(16)25)11-29-18(26)20(12,4)31-14(3)24/h6,12-13,16,28H,7-11H2,1-5H3/b15-6-/t12-,13?,16-,20-,21+/m1/s1. The van der Waals surface area contributed by atoms with Gasteiger partial charge in [0.1, 0.15) is 6.61 Å². The molecule has 0 amide bonds. The fraction of sp³-hybridized carbons (Fsp3) is 0.714. The average Bonchev–Trinajstić information content (AvgIpc) is 2.67. The zero-order valence-electron chi connectivity index (χ0n) is 18.5. The molecule has 1 saturated heterocycles. The van der Waals surface area contributed by atoms with Gasteiger partial charge >= 0.3 is 17.9 Å². The van der Waals surface area contributed by atoms with Crippen LogP contribution in [0.5, 0.6) is 0 Å². The van der Waals surface area contributed by atoms with Crippen molar-refractivity contribution in [2.45, 2.75) is 63.2 Å². The maximum atomic E-state index is 13.0. The Hall–Kier alpha value is -1.97. The monoisotopic (exact) mass is 459 g/mol. The minimum Gasteiger partial charge on any atom is -0.458 e. The second kappa shape index (κ2) is 9.67. The van der Waals surface area contributed by atoms with Crippen molar-refractivity contribution < 1.29 is 38.5 Å². The molecule has 0 saturated carbocycles. The van der Waals surface area contributed by atoms with Gasteiger partial charge in [0, 0.05) is 37.9 Å². The van der Waals surface area contributed by atoms with Crippen LogP contribution in [0.25, 0.3) is 0 Å². The first-order chi connectivity index (χ1) is 14.3. The van der Waals surface area contributed by atoms with Gasteiger partial charge in [-0.1, -0.05) is 13.0 Å². The van der Waals surface area contributed by atoms with Crippen LogP contribution in [-0.2, 0) is 33.4 Å². The van der Waals surface area contributed by atoms with Gasteiger partial charge in [0.15, 0.2) is 11.7 Å². The van der Waals surface area contributed by atoms with Crippen LogP contribution in [0, 0.1) is 5.92 Å². The van der Waals surface area contributed by atoms with E-state index < -0.39 is 52.3 Å². The van der Waals surface area contributed by atoms with Crippen LogP contribution in [-0.4, -0.2) is 83.1 Å². The van der Waals surface area contributed by atoms with Crippen LogP contribution in [0.2, 0.25) is 0 Å². The molecule has 1 unspecified atom stereocenters. The lowest BCUT2D eigenvalue weighted by atomic mass is 9.79. The topological polar surface area (TPSA) is 119 Å². The lowest BCUT2D eigenvalue weighted by Crippen LogP contribution is -2.56. The van der Waals surface area contributed by atoms with Crippen molar-refractivity contribution in [3.8, 4) is 0 Å². The number of hydrogen-bond donors (Lipinski definition) is 1. The van der Waals surface area contributed by atoms with Crippen LogP contribution in [0.4, 0.5) is 0 Å². The highest BCUT2D eigenvalue weighted by atomic mass is 35.5. The molecule has 0 aromatic heterocycles. The lowest BCUT2D eigenvalue weighted by Gasteiger charge is -2.39. The summed E-state index contributed by atoms with van der Waals surface area (Å²) in [6.07, 6.45) is 0.292. The number of Topliss-reactive ketones (excluding diaryl/α,β-unsaturated/α-hetero) is 1. The lowest BCUT2D eigenvalue weighted by molar-refractivity contribution is -0.192. The molecule has 2 aliphatic heterocycles. The molecular weight excluding hydrogens is 430 g/mol. The average molecular weight is 460 g/mol. The van der Waals surface area contributed by atoms with Gasteiger partial charge in [0.2, 0.25) is 11.4 Å². The molecule has 1 N–H and O–H groups in total. The third-order valence-corrected chi connectivity index (χ3v) is 6.33. The minimum absolute atomic E-state index is 0.151. The summed E-state index contributed by atoms with van der Waals surface area (Å²) >= 11 is 6.16. The molecule has 0 radical (unpaired) electrons. The fourth-order valence-corrected chi connectivity index (χ4v) is 3.78. The number of halogens is 1. The summed E-state index contributed by atoms with van der Waals surface area (Å²) in [5.74, 6) is -4.09. The van der Waals surface area contributed by atoms with Crippen LogP contribution in [0.3, 0.4) is 0 Å². The number of carbonyl (C=O) groups excluding carboxylic acids is 4. The Labute approximate surface area is 186 Å². The van der Waals surface area contributed by atoms with Crippen molar-refractivity contribution in [3.05, 3.63) is 11.6 Å². The minimum atomic E-state index is -2.24. The van der Waals surface area contributed by atoms with E-state index in [9.17, 15) is 24.3 Å². The molecule has 2 rings (SSSR count). The third kappa shape index (κ3) is 5.45. The molecule has 2 aliphatic rings. The number of hydrogen-bond acceptors (Lipinski definition) is 9. The molecule has 0 aliphatic carbocycles. The predicted molar refractivity (Wildman–Crippen MR) is 110 cm³/mol. The van der Waals surface area contributed by atoms with E-state index in [0.717, 1.165) is 6.92 Å². The number of likely N-dealkylation sites (N-methyl/N-ethyl adjacent to an activating group) is 1. The van der Waals surface area contributed by atoms with Gasteiger partial charge in [-0.15, -0.1) is 11.6 Å². The summed E-state index contributed by atoms with van der Waals surface area (Å²) in [5.41, 5.74) is -3.91. The quantitative estimate of drug-likeness (QED) is 0.366. The molecule has 2 heterocycles. The highest BCUT2D eigenvalue weighted by Gasteiger charge is 2.52. The summed E-state index contributed by atoms with van der Waals surface area (Å²) < 4.78 is 16.1. The van der Waals surface area contributed by atoms with E-state index in [-0.39, 0.29) is 25.0 Å². The number of alkyl halides is 1. The van der Waals surface area contributed by atoms with E-state index in [0.29, 0.717) is 13.1 Å². The molecular formula is C21H30ClNO8. The molecule has 0 aromatic carbocycles. The van der Waals surface area contributed by atoms with Gasteiger partial charge in [0.05, 0.1) is 5.38 Å². The normalized spacial score (nSPS) is 36.4. The van der Waals surface area contributed by atoms with Gasteiger partial charge in [-0.3, -0.25) is 9.59 Å². The van der Waals surface area contributed by atoms with Gasteiger partial charge in [0.25, 0.3) is 0 Å². The molecule has 1 fully saturated rings. The molecule has 5 atom stereocenters. The van der Waals surface area contributed by atoms with Crippen molar-refractivity contribution in [2.24, 2.45) is 5.92 Å². The third-order valence-electron chi connectivity index (χ3n) is 5.97. The van der Waals surface area contributed by atoms with Crippen LogP contribution >= 0.6 is 11.6 Å². The number of nitrogens with zero attached hydrogens (tertiary/aromatic N) is 1. The summed E-state index contributed by atoms with van der Waals surface area (Å²) in [6.45, 7) is 5.95. The number of carbonyl (C=O) groups is 4. The second-order valence-electron chi connectivity index (χ2n) is 8.46. The number of fused-ring (bicyclic) bond motifs is 2. The number of cyclic esters (lactones) is 1. The van der Waals surface area contributed by atoms with Gasteiger partial charge in [-0.25, -0.2) is 9.59 Å². The first-order valence-corrected chi connectivity index (χ1v) is 10.6. The van der Waals surface area contributed by atoms with Crippen molar-refractivity contribution in [1.29, 1.82) is 0 Å². The molecule has 10 heteroatoms. The van der Waals surface area contributed by atoms with E-state index in [2.05, 4.69) is 0 Å². The first-order valence-electron chi connectivity index (χ1n) is 10.2. The van der Waals surface area contributed by atoms with Gasteiger partial charge < -0.3 is 24.2 Å². The van der Waals surface area contributed by atoms with E-state index >= 15 is 0 Å². The first kappa shape index (κ1) is 25.3. The van der Waals surface area contributed by atoms with Gasteiger partial charge in [-0.05, 0) is 27.3 Å². The SMILES string of the molecule is CC(=O)O[C@@]1(C)C(=O)OC/C2=C/CN(C)CC[C@@H](OC(=O)[C@@](O)(C(C)Cl)C[C@H]1C)C2=O. The van der Waals surface area contributed by atoms with E-state index in [1.807, 2.05) is 11.9 Å². The Morgan fingerprint density at radius 2 is 2.00 bits per heavy atom. The van der Waals surface area contributed by atoms with E-state index in [1.54, 1.807) is 6.08 Å². The smallest absolute Gasteiger partial charge is 0.350 e. The largest absolute Gasteiger partial charge is 0.458 e. The van der Waals surface area contributed by atoms with Gasteiger partial charge in [-0.2, -0.15) is 0 Å². The number of esters is 3. The maximum absolute atomic E-state index is 13.0. The molecule has 9 nitrogen and oxygen atoms in total. The Morgan fingerprint density at radius 3 is 2.58 bits per heavy atom. The Kier molecular flexibility index (Phi) is 7.89. The van der Waals surface area contributed by atoms with Crippen LogP contribution < -0.4 is 0 Å². The fourth-order valence-electron chi connectivity index (χ4n) is 3.61. The number of ketones is 1. The highest BCUT2D eigenvalue weighted by Crippen LogP contribution is 2.35. The molecule has 0 aromatic rings. The molecule has 0 spiro atoms. The van der Waals surface area contributed by atoms with E-state index in [1.165, 1.54) is 20.8 Å². The Morgan fingerprint density at radius 1 is 1.35 bits per heavy atom. The van der Waals surface area contributed by atoms with Crippen molar-refractivity contribution in [3.63, 3.8) is 0 Å². The highest BCUT2D eigenvalue weighted by molar-refractivity contribution is 6.23. The summed E-state index contributed by atoms with van der Waals surface area (Å²) in [5, 5.41) is 10.0. The number of ether oxygens (including phenoxy) is 3. The van der Waals surface area contributed by atoms with E-state index in [4.69, 9.17) is 25.8 Å². The number of rotatable bonds is 2. The Balaban J connectivity index is 2.56. The second-order valence-corrected chi connectivity index (χ2v) is 9.12. The Bertz CT molecular complexity index is 781.